The number of aromatic amines is 2. The van der Waals surface area contributed by atoms with Crippen molar-refractivity contribution in [3.05, 3.63) is 45.9 Å². The van der Waals surface area contributed by atoms with Crippen LogP contribution in [-0.4, -0.2) is 32.1 Å². The van der Waals surface area contributed by atoms with Crippen LogP contribution in [0.1, 0.15) is 28.8 Å². The number of hydrogen-bond donors (Lipinski definition) is 3. The number of carbonyl (C=O) groups excluding carboxylic acids is 1. The largest absolute Gasteiger partial charge is 0.348 e. The Balaban J connectivity index is 1.95. The molecule has 1 atom stereocenters. The standard InChI is InChI=1S/C12H15N5O2/c1-7(3-9-4-8(2)16-17-9)15-12(19)10-5-14-11(18)6-13-10/h4-7H,3H2,1-2H3,(H,14,18)(H,15,19)(H,16,17)/t7-/m1/s1. The maximum absolute atomic E-state index is 11.8. The fraction of sp³-hybridized carbons (Fsp3) is 0.333. The Morgan fingerprint density at radius 2 is 2.32 bits per heavy atom. The third kappa shape index (κ3) is 3.51. The van der Waals surface area contributed by atoms with Crippen LogP contribution < -0.4 is 10.9 Å². The molecule has 19 heavy (non-hydrogen) atoms. The van der Waals surface area contributed by atoms with Crippen molar-refractivity contribution < 1.29 is 4.79 Å². The Morgan fingerprint density at radius 3 is 2.89 bits per heavy atom. The van der Waals surface area contributed by atoms with Crippen LogP contribution in [0.2, 0.25) is 0 Å². The molecule has 2 aromatic rings. The normalized spacial score (nSPS) is 12.1. The number of nitrogens with one attached hydrogen (secondary N) is 3. The van der Waals surface area contributed by atoms with Crippen LogP contribution in [0.25, 0.3) is 0 Å². The van der Waals surface area contributed by atoms with Crippen LogP contribution >= 0.6 is 0 Å². The minimum absolute atomic E-state index is 0.0797. The Bertz CT molecular complexity index is 611. The zero-order chi connectivity index (χ0) is 13.8. The molecule has 0 aliphatic rings. The maximum Gasteiger partial charge on any atom is 0.271 e. The number of aromatic nitrogens is 4. The number of hydrogen-bond acceptors (Lipinski definition) is 4. The van der Waals surface area contributed by atoms with Crippen molar-refractivity contribution >= 4 is 5.91 Å². The van der Waals surface area contributed by atoms with Gasteiger partial charge in [0.25, 0.3) is 11.5 Å². The Kier molecular flexibility index (Phi) is 3.74. The summed E-state index contributed by atoms with van der Waals surface area (Å²) in [6.07, 6.45) is 3.00. The van der Waals surface area contributed by atoms with Gasteiger partial charge in [0.05, 0.1) is 11.9 Å². The third-order valence-electron chi connectivity index (χ3n) is 2.56. The summed E-state index contributed by atoms with van der Waals surface area (Å²) in [4.78, 5) is 28.9. The lowest BCUT2D eigenvalue weighted by Crippen LogP contribution is -2.35. The zero-order valence-electron chi connectivity index (χ0n) is 10.7. The van der Waals surface area contributed by atoms with E-state index < -0.39 is 0 Å². The molecule has 0 radical (unpaired) electrons. The summed E-state index contributed by atoms with van der Waals surface area (Å²) in [5.41, 5.74) is 1.72. The first kappa shape index (κ1) is 13.0. The Labute approximate surface area is 109 Å². The molecule has 2 aromatic heterocycles. The molecule has 7 heteroatoms. The van der Waals surface area contributed by atoms with E-state index in [1.165, 1.54) is 6.20 Å². The predicted octanol–water partition coefficient (Wildman–Crippen LogP) is 0.162. The fourth-order valence-corrected chi connectivity index (χ4v) is 1.71. The second-order valence-corrected chi connectivity index (χ2v) is 4.42. The molecule has 0 saturated heterocycles. The lowest BCUT2D eigenvalue weighted by molar-refractivity contribution is 0.0934. The molecular weight excluding hydrogens is 246 g/mol. The minimum atomic E-state index is -0.336. The zero-order valence-corrected chi connectivity index (χ0v) is 10.7. The second kappa shape index (κ2) is 5.47. The molecule has 0 aliphatic heterocycles. The Morgan fingerprint density at radius 1 is 1.53 bits per heavy atom. The van der Waals surface area contributed by atoms with E-state index in [0.717, 1.165) is 17.6 Å². The molecule has 0 aliphatic carbocycles. The highest BCUT2D eigenvalue weighted by Gasteiger charge is 2.12. The van der Waals surface area contributed by atoms with Crippen LogP contribution in [0.4, 0.5) is 0 Å². The van der Waals surface area contributed by atoms with E-state index in [0.29, 0.717) is 6.42 Å². The van der Waals surface area contributed by atoms with E-state index in [9.17, 15) is 9.59 Å². The summed E-state index contributed by atoms with van der Waals surface area (Å²) in [6, 6.07) is 1.85. The quantitative estimate of drug-likeness (QED) is 0.729. The number of H-pyrrole nitrogens is 2. The topological polar surface area (TPSA) is 104 Å². The minimum Gasteiger partial charge on any atom is -0.348 e. The summed E-state index contributed by atoms with van der Waals surface area (Å²) < 4.78 is 0. The summed E-state index contributed by atoms with van der Waals surface area (Å²) in [5, 5.41) is 9.75. The van der Waals surface area contributed by atoms with Gasteiger partial charge in [0, 0.05) is 24.4 Å². The SMILES string of the molecule is Cc1cc(C[C@@H](C)NC(=O)c2c[nH]c(=O)cn2)n[nH]1. The molecular formula is C12H15N5O2. The van der Waals surface area contributed by atoms with E-state index in [1.807, 2.05) is 19.9 Å². The number of aryl methyl sites for hydroxylation is 1. The van der Waals surface area contributed by atoms with Gasteiger partial charge in [-0.25, -0.2) is 4.98 Å². The van der Waals surface area contributed by atoms with Gasteiger partial charge in [0.2, 0.25) is 0 Å². The molecule has 0 saturated carbocycles. The molecule has 0 spiro atoms. The van der Waals surface area contributed by atoms with Crippen molar-refractivity contribution in [1.29, 1.82) is 0 Å². The van der Waals surface area contributed by atoms with Crippen LogP contribution in [0, 0.1) is 6.92 Å². The van der Waals surface area contributed by atoms with E-state index in [4.69, 9.17) is 0 Å². The molecule has 1 amide bonds. The lowest BCUT2D eigenvalue weighted by atomic mass is 10.1. The van der Waals surface area contributed by atoms with Gasteiger partial charge in [-0.3, -0.25) is 14.7 Å². The van der Waals surface area contributed by atoms with Gasteiger partial charge in [-0.05, 0) is 19.9 Å². The number of nitrogens with zero attached hydrogens (tertiary/aromatic N) is 2. The van der Waals surface area contributed by atoms with Crippen LogP contribution in [0.3, 0.4) is 0 Å². The van der Waals surface area contributed by atoms with E-state index in [1.54, 1.807) is 0 Å². The highest BCUT2D eigenvalue weighted by molar-refractivity contribution is 5.92. The van der Waals surface area contributed by atoms with Gasteiger partial charge in [0.15, 0.2) is 0 Å². The maximum atomic E-state index is 11.8. The van der Waals surface area contributed by atoms with Gasteiger partial charge in [-0.15, -0.1) is 0 Å². The fourth-order valence-electron chi connectivity index (χ4n) is 1.71. The Hall–Kier alpha value is -2.44. The summed E-state index contributed by atoms with van der Waals surface area (Å²) >= 11 is 0. The molecule has 0 bridgehead atoms. The highest BCUT2D eigenvalue weighted by atomic mass is 16.2. The molecule has 0 aromatic carbocycles. The monoisotopic (exact) mass is 261 g/mol. The van der Waals surface area contributed by atoms with Crippen LogP contribution in [0.5, 0.6) is 0 Å². The third-order valence-corrected chi connectivity index (χ3v) is 2.56. The molecule has 0 unspecified atom stereocenters. The molecule has 0 fully saturated rings. The number of carbonyl (C=O) groups is 1. The molecule has 7 nitrogen and oxygen atoms in total. The van der Waals surface area contributed by atoms with Crippen molar-refractivity contribution in [2.45, 2.75) is 26.3 Å². The summed E-state index contributed by atoms with van der Waals surface area (Å²) in [5.74, 6) is -0.323. The van der Waals surface area contributed by atoms with Gasteiger partial charge < -0.3 is 10.3 Å². The highest BCUT2D eigenvalue weighted by Crippen LogP contribution is 2.02. The van der Waals surface area contributed by atoms with Crippen LogP contribution in [0.15, 0.2) is 23.3 Å². The molecule has 100 valence electrons. The van der Waals surface area contributed by atoms with E-state index in [-0.39, 0.29) is 23.2 Å². The lowest BCUT2D eigenvalue weighted by Gasteiger charge is -2.11. The first-order valence-electron chi connectivity index (χ1n) is 5.91. The van der Waals surface area contributed by atoms with Gasteiger partial charge in [-0.1, -0.05) is 0 Å². The summed E-state index contributed by atoms with van der Waals surface area (Å²) in [6.45, 7) is 3.80. The van der Waals surface area contributed by atoms with Crippen molar-refractivity contribution in [3.8, 4) is 0 Å². The molecule has 3 N–H and O–H groups in total. The van der Waals surface area contributed by atoms with E-state index >= 15 is 0 Å². The molecule has 2 rings (SSSR count). The van der Waals surface area contributed by atoms with Crippen molar-refractivity contribution in [1.82, 2.24) is 25.5 Å². The average Bonchev–Trinajstić information content (AvgIpc) is 2.75. The predicted molar refractivity (Wildman–Crippen MR) is 68.8 cm³/mol. The second-order valence-electron chi connectivity index (χ2n) is 4.42. The average molecular weight is 261 g/mol. The number of amides is 1. The molecule has 2 heterocycles. The van der Waals surface area contributed by atoms with Crippen LogP contribution in [-0.2, 0) is 6.42 Å². The van der Waals surface area contributed by atoms with Gasteiger partial charge in [-0.2, -0.15) is 5.10 Å². The first-order chi connectivity index (χ1) is 9.04. The van der Waals surface area contributed by atoms with E-state index in [2.05, 4.69) is 25.5 Å². The summed E-state index contributed by atoms with van der Waals surface area (Å²) in [7, 11) is 0. The van der Waals surface area contributed by atoms with Crippen molar-refractivity contribution in [2.24, 2.45) is 0 Å². The smallest absolute Gasteiger partial charge is 0.271 e. The first-order valence-corrected chi connectivity index (χ1v) is 5.91. The van der Waals surface area contributed by atoms with Gasteiger partial charge in [0.1, 0.15) is 5.69 Å². The van der Waals surface area contributed by atoms with Gasteiger partial charge >= 0.3 is 0 Å². The number of rotatable bonds is 4. The van der Waals surface area contributed by atoms with Crippen molar-refractivity contribution in [2.75, 3.05) is 0 Å². The van der Waals surface area contributed by atoms with Crippen molar-refractivity contribution in [3.63, 3.8) is 0 Å².